The largest absolute Gasteiger partial charge is 0.497 e. The first kappa shape index (κ1) is 18.0. The van der Waals surface area contributed by atoms with E-state index in [2.05, 4.69) is 29.2 Å². The second kappa shape index (κ2) is 7.72. The number of amides is 1. The Labute approximate surface area is 163 Å². The normalized spacial score (nSPS) is 15.8. The van der Waals surface area contributed by atoms with Crippen molar-refractivity contribution < 1.29 is 9.53 Å². The van der Waals surface area contributed by atoms with Crippen molar-refractivity contribution >= 4 is 5.91 Å². The van der Waals surface area contributed by atoms with Crippen molar-refractivity contribution in [2.24, 2.45) is 0 Å². The van der Waals surface area contributed by atoms with Gasteiger partial charge in [-0.3, -0.25) is 9.59 Å². The zero-order valence-electron chi connectivity index (χ0n) is 15.7. The Morgan fingerprint density at radius 2 is 1.96 bits per heavy atom. The van der Waals surface area contributed by atoms with Gasteiger partial charge < -0.3 is 14.6 Å². The number of pyridine rings is 1. The van der Waals surface area contributed by atoms with Gasteiger partial charge in [0.2, 0.25) is 5.56 Å². The van der Waals surface area contributed by atoms with Gasteiger partial charge in [-0.1, -0.05) is 36.4 Å². The lowest BCUT2D eigenvalue weighted by atomic mass is 9.88. The number of aromatic amines is 1. The van der Waals surface area contributed by atoms with E-state index in [0.29, 0.717) is 12.1 Å². The zero-order valence-corrected chi connectivity index (χ0v) is 15.7. The summed E-state index contributed by atoms with van der Waals surface area (Å²) in [4.78, 5) is 29.1. The van der Waals surface area contributed by atoms with Crippen LogP contribution in [0.15, 0.2) is 71.7 Å². The lowest BCUT2D eigenvalue weighted by Crippen LogP contribution is -2.41. The highest BCUT2D eigenvalue weighted by atomic mass is 16.5. The molecule has 1 unspecified atom stereocenters. The topological polar surface area (TPSA) is 62.4 Å². The van der Waals surface area contributed by atoms with Gasteiger partial charge in [-0.2, -0.15) is 0 Å². The Balaban J connectivity index is 1.72. The molecule has 1 aromatic heterocycles. The summed E-state index contributed by atoms with van der Waals surface area (Å²) in [6.45, 7) is 0.621. The summed E-state index contributed by atoms with van der Waals surface area (Å²) in [5.74, 6) is 0.760. The van der Waals surface area contributed by atoms with Crippen LogP contribution < -0.4 is 10.3 Å². The molecule has 28 heavy (non-hydrogen) atoms. The number of nitrogens with zero attached hydrogens (tertiary/aromatic N) is 1. The number of nitrogens with one attached hydrogen (secondary N) is 1. The summed E-state index contributed by atoms with van der Waals surface area (Å²) >= 11 is 0. The molecule has 1 amide bonds. The van der Waals surface area contributed by atoms with E-state index in [9.17, 15) is 9.59 Å². The first-order valence-corrected chi connectivity index (χ1v) is 9.36. The van der Waals surface area contributed by atoms with E-state index in [-0.39, 0.29) is 17.5 Å². The van der Waals surface area contributed by atoms with Crippen molar-refractivity contribution in [3.63, 3.8) is 0 Å². The molecule has 4 rings (SSSR count). The Hall–Kier alpha value is -3.34. The molecule has 1 aliphatic rings. The van der Waals surface area contributed by atoms with E-state index in [0.717, 1.165) is 24.2 Å². The molecule has 0 bridgehead atoms. The molecule has 5 nitrogen and oxygen atoms in total. The first-order chi connectivity index (χ1) is 13.7. The van der Waals surface area contributed by atoms with Crippen molar-refractivity contribution in [1.29, 1.82) is 0 Å². The lowest BCUT2D eigenvalue weighted by molar-refractivity contribution is 0.0659. The third-order valence-corrected chi connectivity index (χ3v) is 5.27. The number of hydrogen-bond donors (Lipinski definition) is 1. The zero-order chi connectivity index (χ0) is 19.5. The van der Waals surface area contributed by atoms with Crippen LogP contribution in [0.2, 0.25) is 0 Å². The molecule has 2 aromatic carbocycles. The molecular formula is C23H22N2O3. The smallest absolute Gasteiger partial charge is 0.255 e. The predicted molar refractivity (Wildman–Crippen MR) is 108 cm³/mol. The van der Waals surface area contributed by atoms with E-state index < -0.39 is 0 Å². The monoisotopic (exact) mass is 374 g/mol. The van der Waals surface area contributed by atoms with E-state index in [1.165, 1.54) is 23.4 Å². The molecule has 0 saturated carbocycles. The van der Waals surface area contributed by atoms with Crippen molar-refractivity contribution in [2.75, 3.05) is 13.7 Å². The Morgan fingerprint density at radius 3 is 2.68 bits per heavy atom. The second-order valence-corrected chi connectivity index (χ2v) is 6.96. The molecule has 0 radical (unpaired) electrons. The maximum Gasteiger partial charge on any atom is 0.255 e. The molecule has 1 aliphatic heterocycles. The number of benzene rings is 2. The molecule has 3 aromatic rings. The van der Waals surface area contributed by atoms with Crippen molar-refractivity contribution in [1.82, 2.24) is 9.88 Å². The Kier molecular flexibility index (Phi) is 4.98. The third-order valence-electron chi connectivity index (χ3n) is 5.27. The third kappa shape index (κ3) is 3.56. The molecule has 1 N–H and O–H groups in total. The molecule has 0 fully saturated rings. The molecule has 0 aliphatic carbocycles. The molecule has 142 valence electrons. The number of carbonyl (C=O) groups excluding carboxylic acids is 1. The van der Waals surface area contributed by atoms with Crippen LogP contribution in [0.25, 0.3) is 0 Å². The summed E-state index contributed by atoms with van der Waals surface area (Å²) in [5.41, 5.74) is 3.82. The Bertz CT molecular complexity index is 1020. The van der Waals surface area contributed by atoms with Crippen molar-refractivity contribution in [2.45, 2.75) is 18.9 Å². The first-order valence-electron chi connectivity index (χ1n) is 9.36. The number of fused-ring (bicyclic) bond motifs is 1. The van der Waals surface area contributed by atoms with Gasteiger partial charge in [0.1, 0.15) is 5.75 Å². The van der Waals surface area contributed by atoms with Gasteiger partial charge in [-0.05, 0) is 47.7 Å². The summed E-state index contributed by atoms with van der Waals surface area (Å²) in [5, 5.41) is 0. The van der Waals surface area contributed by atoms with Crippen molar-refractivity contribution in [3.05, 3.63) is 99.5 Å². The molecule has 5 heteroatoms. The number of hydrogen-bond acceptors (Lipinski definition) is 3. The average Bonchev–Trinajstić information content (AvgIpc) is 2.74. The number of methoxy groups -OCH3 is 1. The summed E-state index contributed by atoms with van der Waals surface area (Å²) in [7, 11) is 1.66. The molecule has 0 saturated heterocycles. The SMILES string of the molecule is COc1ccc2c(c1)CCN(C(=O)c1ccc(=O)[nH]c1)C2Cc1ccccc1. The number of carbonyl (C=O) groups is 1. The second-order valence-electron chi connectivity index (χ2n) is 6.96. The highest BCUT2D eigenvalue weighted by Crippen LogP contribution is 2.35. The minimum Gasteiger partial charge on any atom is -0.497 e. The van der Waals surface area contributed by atoms with Gasteiger partial charge in [0, 0.05) is 18.8 Å². The molecular weight excluding hydrogens is 352 g/mol. The van der Waals surface area contributed by atoms with Crippen LogP contribution in [0, 0.1) is 0 Å². The summed E-state index contributed by atoms with van der Waals surface area (Å²) < 4.78 is 5.37. The predicted octanol–water partition coefficient (Wildman–Crippen LogP) is 3.37. The van der Waals surface area contributed by atoms with Crippen LogP contribution in [0.5, 0.6) is 5.75 Å². The highest BCUT2D eigenvalue weighted by molar-refractivity contribution is 5.94. The minimum atomic E-state index is -0.214. The van der Waals surface area contributed by atoms with Gasteiger partial charge in [0.15, 0.2) is 0 Å². The van der Waals surface area contributed by atoms with Crippen LogP contribution in [0.1, 0.15) is 33.1 Å². The van der Waals surface area contributed by atoms with Gasteiger partial charge in [0.25, 0.3) is 5.91 Å². The number of aromatic nitrogens is 1. The fourth-order valence-corrected chi connectivity index (χ4v) is 3.83. The fourth-order valence-electron chi connectivity index (χ4n) is 3.83. The quantitative estimate of drug-likeness (QED) is 0.762. The van der Waals surface area contributed by atoms with Crippen LogP contribution in [-0.4, -0.2) is 29.4 Å². The lowest BCUT2D eigenvalue weighted by Gasteiger charge is -2.38. The highest BCUT2D eigenvalue weighted by Gasteiger charge is 2.31. The van der Waals surface area contributed by atoms with Crippen molar-refractivity contribution in [3.8, 4) is 5.75 Å². The van der Waals surface area contributed by atoms with E-state index in [1.54, 1.807) is 13.2 Å². The van der Waals surface area contributed by atoms with Crippen LogP contribution >= 0.6 is 0 Å². The van der Waals surface area contributed by atoms with Gasteiger partial charge in [0.05, 0.1) is 18.7 Å². The van der Waals surface area contributed by atoms with Crippen LogP contribution in [0.4, 0.5) is 0 Å². The van der Waals surface area contributed by atoms with E-state index in [4.69, 9.17) is 4.74 Å². The molecule has 2 heterocycles. The number of ether oxygens (including phenoxy) is 1. The van der Waals surface area contributed by atoms with E-state index >= 15 is 0 Å². The van der Waals surface area contributed by atoms with Crippen LogP contribution in [0.3, 0.4) is 0 Å². The summed E-state index contributed by atoms with van der Waals surface area (Å²) in [6.07, 6.45) is 3.00. The standard InChI is InChI=1S/C23H22N2O3/c1-28-19-8-9-20-17(14-19)11-12-25(21(20)13-16-5-3-2-4-6-16)23(27)18-7-10-22(26)24-15-18/h2-10,14-15,21H,11-13H2,1H3,(H,24,26). The Morgan fingerprint density at radius 1 is 1.14 bits per heavy atom. The van der Waals surface area contributed by atoms with E-state index in [1.807, 2.05) is 29.2 Å². The average molecular weight is 374 g/mol. The number of rotatable bonds is 4. The minimum absolute atomic E-state index is 0.0707. The molecule has 1 atom stereocenters. The van der Waals surface area contributed by atoms with Crippen LogP contribution in [-0.2, 0) is 12.8 Å². The number of H-pyrrole nitrogens is 1. The fraction of sp³-hybridized carbons (Fsp3) is 0.217. The van der Waals surface area contributed by atoms with Gasteiger partial charge >= 0.3 is 0 Å². The van der Waals surface area contributed by atoms with Gasteiger partial charge in [-0.15, -0.1) is 0 Å². The maximum absolute atomic E-state index is 13.2. The molecule has 0 spiro atoms. The summed E-state index contributed by atoms with van der Waals surface area (Å²) in [6, 6.07) is 19.2. The van der Waals surface area contributed by atoms with Gasteiger partial charge in [-0.25, -0.2) is 0 Å². The maximum atomic E-state index is 13.2.